The van der Waals surface area contributed by atoms with Gasteiger partial charge in [0.2, 0.25) is 10.0 Å². The lowest BCUT2D eigenvalue weighted by atomic mass is 10.2. The molecule has 112 valence electrons. The summed E-state index contributed by atoms with van der Waals surface area (Å²) in [4.78, 5) is 10.7. The largest absolute Gasteiger partial charge is 0.478 e. The van der Waals surface area contributed by atoms with Crippen molar-refractivity contribution >= 4 is 21.7 Å². The first-order valence-corrected chi connectivity index (χ1v) is 7.53. The number of anilines is 1. The van der Waals surface area contributed by atoms with E-state index in [4.69, 9.17) is 15.9 Å². The van der Waals surface area contributed by atoms with Crippen molar-refractivity contribution in [2.24, 2.45) is 0 Å². The number of carbonyl (C=O) groups is 1. The van der Waals surface area contributed by atoms with Crippen LogP contribution in [0.15, 0.2) is 23.1 Å². The second kappa shape index (κ2) is 6.69. The van der Waals surface area contributed by atoms with Gasteiger partial charge in [0.1, 0.15) is 0 Å². The number of nitrogen functional groups attached to an aromatic ring is 1. The van der Waals surface area contributed by atoms with Gasteiger partial charge in [-0.05, 0) is 38.0 Å². The number of carboxylic acids is 1. The van der Waals surface area contributed by atoms with E-state index in [0.29, 0.717) is 12.8 Å². The normalized spacial score (nSPS) is 13.1. The van der Waals surface area contributed by atoms with Crippen molar-refractivity contribution in [1.82, 2.24) is 4.72 Å². The maximum atomic E-state index is 12.0. The molecule has 0 aliphatic carbocycles. The summed E-state index contributed by atoms with van der Waals surface area (Å²) in [6.45, 7) is 1.73. The van der Waals surface area contributed by atoms with Crippen LogP contribution < -0.4 is 10.5 Å². The number of hydrogen-bond donors (Lipinski definition) is 4. The molecule has 0 aliphatic rings. The quantitative estimate of drug-likeness (QED) is 0.426. The molecular formula is C12H18N2O5S. The van der Waals surface area contributed by atoms with E-state index in [9.17, 15) is 13.2 Å². The Morgan fingerprint density at radius 3 is 2.65 bits per heavy atom. The Balaban J connectivity index is 2.90. The van der Waals surface area contributed by atoms with Gasteiger partial charge in [0.25, 0.3) is 0 Å². The number of nitrogens with two attached hydrogens (primary N) is 1. The van der Waals surface area contributed by atoms with E-state index in [1.807, 2.05) is 0 Å². The van der Waals surface area contributed by atoms with Gasteiger partial charge in [0.15, 0.2) is 0 Å². The number of carboxylic acid groups (broad SMARTS) is 1. The Labute approximate surface area is 117 Å². The van der Waals surface area contributed by atoms with Gasteiger partial charge >= 0.3 is 5.97 Å². The summed E-state index contributed by atoms with van der Waals surface area (Å²) in [5, 5.41) is 18.1. The first kappa shape index (κ1) is 16.4. The molecule has 5 N–H and O–H groups in total. The van der Waals surface area contributed by atoms with E-state index in [2.05, 4.69) is 4.72 Å². The molecule has 1 atom stereocenters. The summed E-state index contributed by atoms with van der Waals surface area (Å²) in [6.07, 6.45) is 0.398. The molecule has 0 aromatic heterocycles. The number of benzene rings is 1. The maximum absolute atomic E-state index is 12.0. The van der Waals surface area contributed by atoms with Gasteiger partial charge in [-0.3, -0.25) is 0 Å². The van der Waals surface area contributed by atoms with Crippen LogP contribution >= 0.6 is 0 Å². The lowest BCUT2D eigenvalue weighted by Crippen LogP contribution is -2.27. The predicted molar refractivity (Wildman–Crippen MR) is 73.9 cm³/mol. The van der Waals surface area contributed by atoms with E-state index in [-0.39, 0.29) is 22.7 Å². The fraction of sp³-hybridized carbons (Fsp3) is 0.417. The van der Waals surface area contributed by atoms with Gasteiger partial charge in [-0.2, -0.15) is 0 Å². The number of aliphatic hydroxyl groups is 1. The summed E-state index contributed by atoms with van der Waals surface area (Å²) in [7, 11) is -3.92. The van der Waals surface area contributed by atoms with E-state index in [0.717, 1.165) is 12.1 Å². The van der Waals surface area contributed by atoms with Crippen LogP contribution in [-0.4, -0.2) is 37.2 Å². The highest BCUT2D eigenvalue weighted by atomic mass is 32.2. The summed E-state index contributed by atoms with van der Waals surface area (Å²) in [6, 6.07) is 3.60. The average Bonchev–Trinajstić information content (AvgIpc) is 2.34. The molecule has 8 heteroatoms. The molecule has 20 heavy (non-hydrogen) atoms. The molecule has 0 amide bonds. The van der Waals surface area contributed by atoms with E-state index in [1.165, 1.54) is 6.07 Å². The molecule has 0 saturated carbocycles. The second-order valence-corrected chi connectivity index (χ2v) is 6.19. The highest BCUT2D eigenvalue weighted by Crippen LogP contribution is 2.18. The van der Waals surface area contributed by atoms with Crippen molar-refractivity contribution in [3.05, 3.63) is 23.8 Å². The smallest absolute Gasteiger partial charge is 0.337 e. The summed E-state index contributed by atoms with van der Waals surface area (Å²) in [5.74, 6) is -1.36. The standard InChI is InChI=1S/C12H18N2O5S/c1-8(15)3-2-6-14-20(18,19)11-5-4-9(13)7-10(11)12(16)17/h4-5,7-8,14-15H,2-3,6,13H2,1H3,(H,16,17). The van der Waals surface area contributed by atoms with Crippen LogP contribution in [0, 0.1) is 0 Å². The molecule has 0 fully saturated rings. The van der Waals surface area contributed by atoms with Gasteiger partial charge in [0, 0.05) is 12.2 Å². The summed E-state index contributed by atoms with van der Waals surface area (Å²) < 4.78 is 26.4. The van der Waals surface area contributed by atoms with Crippen LogP contribution in [0.2, 0.25) is 0 Å². The predicted octanol–water partition coefficient (Wildman–Crippen LogP) is 0.406. The number of aromatic carboxylic acids is 1. The molecule has 0 aliphatic heterocycles. The number of sulfonamides is 1. The topological polar surface area (TPSA) is 130 Å². The third-order valence-electron chi connectivity index (χ3n) is 2.61. The Hall–Kier alpha value is -1.64. The zero-order chi connectivity index (χ0) is 15.3. The van der Waals surface area contributed by atoms with Crippen LogP contribution in [0.3, 0.4) is 0 Å². The van der Waals surface area contributed by atoms with Crippen molar-refractivity contribution in [3.63, 3.8) is 0 Å². The van der Waals surface area contributed by atoms with Gasteiger partial charge in [-0.15, -0.1) is 0 Å². The van der Waals surface area contributed by atoms with Crippen molar-refractivity contribution < 1.29 is 23.4 Å². The van der Waals surface area contributed by atoms with Gasteiger partial charge in [-0.25, -0.2) is 17.9 Å². The minimum absolute atomic E-state index is 0.122. The third kappa shape index (κ3) is 4.48. The van der Waals surface area contributed by atoms with Crippen molar-refractivity contribution in [2.75, 3.05) is 12.3 Å². The number of hydrogen-bond acceptors (Lipinski definition) is 5. The third-order valence-corrected chi connectivity index (χ3v) is 4.13. The summed E-state index contributed by atoms with van der Waals surface area (Å²) in [5.41, 5.74) is 5.27. The Morgan fingerprint density at radius 1 is 1.45 bits per heavy atom. The molecule has 0 radical (unpaired) electrons. The molecule has 7 nitrogen and oxygen atoms in total. The average molecular weight is 302 g/mol. The Morgan fingerprint density at radius 2 is 2.10 bits per heavy atom. The summed E-state index contributed by atoms with van der Waals surface area (Å²) >= 11 is 0. The van der Waals surface area contributed by atoms with Crippen LogP contribution in [0.25, 0.3) is 0 Å². The van der Waals surface area contributed by atoms with E-state index in [1.54, 1.807) is 6.92 Å². The lowest BCUT2D eigenvalue weighted by Gasteiger charge is -2.10. The highest BCUT2D eigenvalue weighted by Gasteiger charge is 2.22. The van der Waals surface area contributed by atoms with E-state index < -0.39 is 22.1 Å². The zero-order valence-corrected chi connectivity index (χ0v) is 11.9. The molecular weight excluding hydrogens is 284 g/mol. The Kier molecular flexibility index (Phi) is 5.49. The Bertz CT molecular complexity index is 584. The molecule has 0 bridgehead atoms. The van der Waals surface area contributed by atoms with Gasteiger partial charge in [0.05, 0.1) is 16.6 Å². The molecule has 1 aromatic carbocycles. The SMILES string of the molecule is CC(O)CCCNS(=O)(=O)c1ccc(N)cc1C(=O)O. The molecule has 0 saturated heterocycles. The molecule has 1 aromatic rings. The number of aliphatic hydroxyl groups excluding tert-OH is 1. The lowest BCUT2D eigenvalue weighted by molar-refractivity contribution is 0.0692. The molecule has 0 spiro atoms. The first-order chi connectivity index (χ1) is 9.24. The number of nitrogens with one attached hydrogen (secondary N) is 1. The zero-order valence-electron chi connectivity index (χ0n) is 11.0. The van der Waals surface area contributed by atoms with Crippen LogP contribution in [0.4, 0.5) is 5.69 Å². The molecule has 0 heterocycles. The van der Waals surface area contributed by atoms with Crippen molar-refractivity contribution in [1.29, 1.82) is 0 Å². The minimum atomic E-state index is -3.92. The first-order valence-electron chi connectivity index (χ1n) is 6.04. The van der Waals surface area contributed by atoms with Crippen LogP contribution in [0.1, 0.15) is 30.1 Å². The number of rotatable bonds is 7. The fourth-order valence-corrected chi connectivity index (χ4v) is 2.88. The highest BCUT2D eigenvalue weighted by molar-refractivity contribution is 7.89. The van der Waals surface area contributed by atoms with Crippen molar-refractivity contribution in [3.8, 4) is 0 Å². The maximum Gasteiger partial charge on any atom is 0.337 e. The van der Waals surface area contributed by atoms with Crippen LogP contribution in [-0.2, 0) is 10.0 Å². The monoisotopic (exact) mass is 302 g/mol. The second-order valence-electron chi connectivity index (χ2n) is 4.45. The molecule has 1 unspecified atom stereocenters. The van der Waals surface area contributed by atoms with E-state index >= 15 is 0 Å². The molecule has 1 rings (SSSR count). The van der Waals surface area contributed by atoms with Crippen molar-refractivity contribution in [2.45, 2.75) is 30.8 Å². The van der Waals surface area contributed by atoms with Gasteiger partial charge in [-0.1, -0.05) is 0 Å². The van der Waals surface area contributed by atoms with Gasteiger partial charge < -0.3 is 15.9 Å². The minimum Gasteiger partial charge on any atom is -0.478 e. The van der Waals surface area contributed by atoms with Crippen LogP contribution in [0.5, 0.6) is 0 Å². The fourth-order valence-electron chi connectivity index (χ4n) is 1.63.